The fourth-order valence-electron chi connectivity index (χ4n) is 1.44. The van der Waals surface area contributed by atoms with Gasteiger partial charge in [-0.25, -0.2) is 0 Å². The molecule has 1 N–H and O–H groups in total. The van der Waals surface area contributed by atoms with Gasteiger partial charge in [-0.3, -0.25) is 0 Å². The summed E-state index contributed by atoms with van der Waals surface area (Å²) in [5, 5.41) is 3.50. The molecule has 0 radical (unpaired) electrons. The molecule has 0 amide bonds. The highest BCUT2D eigenvalue weighted by molar-refractivity contribution is 7.98. The lowest BCUT2D eigenvalue weighted by Crippen LogP contribution is -2.45. The van der Waals surface area contributed by atoms with Crippen molar-refractivity contribution in [2.45, 2.75) is 38.6 Å². The molecule has 86 valence electrons. The quantitative estimate of drug-likeness (QED) is 0.632. The first kappa shape index (κ1) is 14.2. The van der Waals surface area contributed by atoms with Crippen LogP contribution in [0.15, 0.2) is 0 Å². The minimum atomic E-state index is -0.161. The normalized spacial score (nSPS) is 15.9. The number of rotatable bonds is 8. The van der Waals surface area contributed by atoms with Crippen LogP contribution in [-0.4, -0.2) is 44.6 Å². The molecule has 14 heavy (non-hydrogen) atoms. The van der Waals surface area contributed by atoms with Gasteiger partial charge in [0.1, 0.15) is 0 Å². The van der Waals surface area contributed by atoms with E-state index in [1.165, 1.54) is 0 Å². The Hall–Kier alpha value is 0.230. The van der Waals surface area contributed by atoms with Gasteiger partial charge in [0.2, 0.25) is 0 Å². The molecule has 0 aliphatic rings. The first-order valence-electron chi connectivity index (χ1n) is 5.00. The van der Waals surface area contributed by atoms with Gasteiger partial charge >= 0.3 is 0 Å². The Balaban J connectivity index is 3.92. The van der Waals surface area contributed by atoms with E-state index in [-0.39, 0.29) is 12.3 Å². The summed E-state index contributed by atoms with van der Waals surface area (Å²) in [5.41, 5.74) is 0. The van der Waals surface area contributed by atoms with Crippen LogP contribution in [0.1, 0.15) is 20.3 Å². The number of methoxy groups -OCH3 is 2. The third kappa shape index (κ3) is 5.20. The molecule has 0 saturated heterocycles. The van der Waals surface area contributed by atoms with E-state index in [9.17, 15) is 0 Å². The molecule has 0 aliphatic heterocycles. The van der Waals surface area contributed by atoms with Gasteiger partial charge in [-0.05, 0) is 19.6 Å². The van der Waals surface area contributed by atoms with Crippen LogP contribution in [0.3, 0.4) is 0 Å². The highest BCUT2D eigenvalue weighted by Crippen LogP contribution is 2.05. The van der Waals surface area contributed by atoms with Crippen molar-refractivity contribution < 1.29 is 9.47 Å². The average molecular weight is 221 g/mol. The van der Waals surface area contributed by atoms with Crippen molar-refractivity contribution >= 4 is 11.8 Å². The molecule has 4 heteroatoms. The van der Waals surface area contributed by atoms with Gasteiger partial charge in [-0.1, -0.05) is 6.92 Å². The molecule has 0 heterocycles. The van der Waals surface area contributed by atoms with Crippen molar-refractivity contribution in [2.24, 2.45) is 0 Å². The largest absolute Gasteiger partial charge is 0.354 e. The lowest BCUT2D eigenvalue weighted by atomic mass is 10.2. The summed E-state index contributed by atoms with van der Waals surface area (Å²) >= 11 is 1.86. The summed E-state index contributed by atoms with van der Waals surface area (Å²) in [6.07, 6.45) is 3.09. The maximum atomic E-state index is 5.19. The van der Waals surface area contributed by atoms with Gasteiger partial charge in [0.15, 0.2) is 6.29 Å². The van der Waals surface area contributed by atoms with E-state index in [1.54, 1.807) is 14.2 Å². The highest BCUT2D eigenvalue weighted by atomic mass is 32.2. The Kier molecular flexibility index (Phi) is 8.67. The summed E-state index contributed by atoms with van der Waals surface area (Å²) in [6.45, 7) is 4.27. The Morgan fingerprint density at radius 3 is 2.21 bits per heavy atom. The third-order valence-corrected chi connectivity index (χ3v) is 2.97. The Bertz CT molecular complexity index is 131. The molecule has 0 aromatic rings. The first-order chi connectivity index (χ1) is 6.69. The second-order valence-corrected chi connectivity index (χ2v) is 4.27. The fraction of sp³-hybridized carbons (Fsp3) is 1.00. The van der Waals surface area contributed by atoms with Gasteiger partial charge in [0, 0.05) is 26.0 Å². The second kappa shape index (κ2) is 8.53. The van der Waals surface area contributed by atoms with Crippen molar-refractivity contribution in [1.82, 2.24) is 5.32 Å². The Labute approximate surface area is 91.9 Å². The van der Waals surface area contributed by atoms with Crippen molar-refractivity contribution in [3.63, 3.8) is 0 Å². The van der Waals surface area contributed by atoms with E-state index in [1.807, 2.05) is 11.8 Å². The van der Waals surface area contributed by atoms with Gasteiger partial charge in [-0.2, -0.15) is 11.8 Å². The van der Waals surface area contributed by atoms with E-state index in [2.05, 4.69) is 25.4 Å². The third-order valence-electron chi connectivity index (χ3n) is 2.23. The van der Waals surface area contributed by atoms with Crippen LogP contribution in [0.2, 0.25) is 0 Å². The number of ether oxygens (including phenoxy) is 2. The summed E-state index contributed by atoms with van der Waals surface area (Å²) in [4.78, 5) is 0. The number of thioether (sulfide) groups is 1. The smallest absolute Gasteiger partial charge is 0.171 e. The molecule has 3 nitrogen and oxygen atoms in total. The topological polar surface area (TPSA) is 30.5 Å². The van der Waals surface area contributed by atoms with Gasteiger partial charge in [0.05, 0.1) is 6.04 Å². The molecule has 0 spiro atoms. The second-order valence-electron chi connectivity index (χ2n) is 3.36. The number of nitrogens with one attached hydrogen (secondary N) is 1. The lowest BCUT2D eigenvalue weighted by molar-refractivity contribution is -0.120. The first-order valence-corrected chi connectivity index (χ1v) is 6.39. The maximum Gasteiger partial charge on any atom is 0.171 e. The zero-order valence-electron chi connectivity index (χ0n) is 9.87. The maximum absolute atomic E-state index is 5.19. The van der Waals surface area contributed by atoms with E-state index in [0.29, 0.717) is 6.04 Å². The minimum Gasteiger partial charge on any atom is -0.354 e. The fourth-order valence-corrected chi connectivity index (χ4v) is 2.17. The van der Waals surface area contributed by atoms with Crippen LogP contribution in [-0.2, 0) is 9.47 Å². The summed E-state index contributed by atoms with van der Waals surface area (Å²) in [5.74, 6) is 1.13. The van der Waals surface area contributed by atoms with E-state index in [4.69, 9.17) is 9.47 Å². The van der Waals surface area contributed by atoms with Crippen LogP contribution in [0.5, 0.6) is 0 Å². The van der Waals surface area contributed by atoms with Crippen LogP contribution in [0.4, 0.5) is 0 Å². The molecule has 0 fully saturated rings. The molecule has 0 rings (SSSR count). The Morgan fingerprint density at radius 1 is 1.29 bits per heavy atom. The summed E-state index contributed by atoms with van der Waals surface area (Å²) < 4.78 is 10.4. The van der Waals surface area contributed by atoms with E-state index in [0.717, 1.165) is 12.2 Å². The number of hydrogen-bond donors (Lipinski definition) is 1. The predicted molar refractivity (Wildman–Crippen MR) is 62.9 cm³/mol. The Morgan fingerprint density at radius 2 is 1.86 bits per heavy atom. The SMILES string of the molecule is CCC(CSC)NC(C)C(OC)OC. The molecule has 0 aromatic heterocycles. The molecular weight excluding hydrogens is 198 g/mol. The van der Waals surface area contributed by atoms with Gasteiger partial charge < -0.3 is 14.8 Å². The van der Waals surface area contributed by atoms with Crippen LogP contribution in [0, 0.1) is 0 Å². The van der Waals surface area contributed by atoms with Crippen molar-refractivity contribution in [3.8, 4) is 0 Å². The average Bonchev–Trinajstić information content (AvgIpc) is 2.19. The number of hydrogen-bond acceptors (Lipinski definition) is 4. The molecule has 0 bridgehead atoms. The van der Waals surface area contributed by atoms with Crippen LogP contribution >= 0.6 is 11.8 Å². The van der Waals surface area contributed by atoms with Crippen molar-refractivity contribution in [3.05, 3.63) is 0 Å². The molecule has 2 atom stereocenters. The van der Waals surface area contributed by atoms with E-state index < -0.39 is 0 Å². The van der Waals surface area contributed by atoms with Gasteiger partial charge in [0.25, 0.3) is 0 Å². The van der Waals surface area contributed by atoms with Crippen LogP contribution < -0.4 is 5.32 Å². The molecular formula is C10H23NO2S. The van der Waals surface area contributed by atoms with Crippen molar-refractivity contribution in [2.75, 3.05) is 26.2 Å². The highest BCUT2D eigenvalue weighted by Gasteiger charge is 2.18. The standard InChI is InChI=1S/C10H23NO2S/c1-6-9(7-14-5)11-8(2)10(12-3)13-4/h8-11H,6-7H2,1-5H3. The monoisotopic (exact) mass is 221 g/mol. The zero-order valence-corrected chi connectivity index (χ0v) is 10.7. The van der Waals surface area contributed by atoms with Crippen molar-refractivity contribution in [1.29, 1.82) is 0 Å². The summed E-state index contributed by atoms with van der Waals surface area (Å²) in [7, 11) is 3.34. The molecule has 0 aromatic carbocycles. The molecule has 2 unspecified atom stereocenters. The zero-order chi connectivity index (χ0) is 11.0. The van der Waals surface area contributed by atoms with Gasteiger partial charge in [-0.15, -0.1) is 0 Å². The minimum absolute atomic E-state index is 0.161. The molecule has 0 aliphatic carbocycles. The van der Waals surface area contributed by atoms with E-state index >= 15 is 0 Å². The predicted octanol–water partition coefficient (Wildman–Crippen LogP) is 1.72. The lowest BCUT2D eigenvalue weighted by Gasteiger charge is -2.26. The van der Waals surface area contributed by atoms with Crippen LogP contribution in [0.25, 0.3) is 0 Å². The summed E-state index contributed by atoms with van der Waals surface area (Å²) in [6, 6.07) is 0.759. The molecule has 0 saturated carbocycles.